The number of hydrogen-bond donors (Lipinski definition) is 3. The first-order valence-electron chi connectivity index (χ1n) is 2.26. The van der Waals surface area contributed by atoms with Crippen molar-refractivity contribution in [1.82, 2.24) is 10.9 Å². The van der Waals surface area contributed by atoms with E-state index < -0.39 is 0 Å². The number of hydrogen-bond acceptors (Lipinski definition) is 3. The van der Waals surface area contributed by atoms with Crippen LogP contribution in [0.5, 0.6) is 0 Å². The number of hydrazine groups is 1. The van der Waals surface area contributed by atoms with Crippen molar-refractivity contribution in [2.45, 2.75) is 0 Å². The molecule has 0 fully saturated rings. The lowest BCUT2D eigenvalue weighted by Gasteiger charge is -1.91. The van der Waals surface area contributed by atoms with E-state index >= 15 is 0 Å². The molecule has 0 atom stereocenters. The maximum Gasteiger partial charge on any atom is 0.136 e. The Balaban J connectivity index is 3.45. The highest BCUT2D eigenvalue weighted by Gasteiger charge is 1.77. The van der Waals surface area contributed by atoms with Crippen molar-refractivity contribution in [1.29, 1.82) is 0 Å². The van der Waals surface area contributed by atoms with E-state index in [1.165, 1.54) is 11.7 Å². The van der Waals surface area contributed by atoms with Crippen molar-refractivity contribution >= 4 is 30.6 Å². The Bertz CT molecular complexity index is 123. The molecule has 0 saturated heterocycles. The van der Waals surface area contributed by atoms with E-state index in [9.17, 15) is 0 Å². The molecule has 2 N–H and O–H groups in total. The minimum absolute atomic E-state index is 0.334. The third-order valence-electron chi connectivity index (χ3n) is 0.503. The molecule has 0 aromatic carbocycles. The average Bonchev–Trinajstić information content (AvgIpc) is 1.89. The summed E-state index contributed by atoms with van der Waals surface area (Å²) in [5, 5.41) is 1.73. The van der Waals surface area contributed by atoms with Crippen molar-refractivity contribution in [3.05, 3.63) is 10.6 Å². The van der Waals surface area contributed by atoms with E-state index in [0.29, 0.717) is 5.16 Å². The molecule has 0 spiro atoms. The third kappa shape index (κ3) is 5.68. The molecule has 9 heavy (non-hydrogen) atoms. The van der Waals surface area contributed by atoms with Crippen LogP contribution in [-0.4, -0.2) is 13.4 Å². The van der Waals surface area contributed by atoms with Gasteiger partial charge in [-0.1, -0.05) is 11.6 Å². The number of nitrogens with zero attached hydrogens (tertiary/aromatic N) is 1. The predicted octanol–water partition coefficient (Wildman–Crippen LogP) is 0.706. The van der Waals surface area contributed by atoms with E-state index in [1.54, 1.807) is 7.05 Å². The van der Waals surface area contributed by atoms with Crippen LogP contribution in [0.15, 0.2) is 15.6 Å². The fourth-order valence-corrected chi connectivity index (χ4v) is 0.307. The fraction of sp³-hybridized carbons (Fsp3) is 0.250. The topological polar surface area (TPSA) is 36.4 Å². The standard InChI is InChI=1S/C4H8ClN3S/c1-6-8-3-7-4(5)2-9/h2-3,6,9H,1H3,(H,7,8)/b4-2+. The minimum Gasteiger partial charge on any atom is -0.312 e. The molecule has 0 radical (unpaired) electrons. The Hall–Kier alpha value is -0.190. The maximum absolute atomic E-state index is 5.42. The predicted molar refractivity (Wildman–Crippen MR) is 43.6 cm³/mol. The molecule has 0 aliphatic rings. The quantitative estimate of drug-likeness (QED) is 0.189. The monoisotopic (exact) mass is 165 g/mol. The van der Waals surface area contributed by atoms with Gasteiger partial charge in [0.1, 0.15) is 11.5 Å². The second-order valence-corrected chi connectivity index (χ2v) is 1.75. The van der Waals surface area contributed by atoms with Gasteiger partial charge in [-0.05, 0) is 0 Å². The molecule has 0 unspecified atom stereocenters. The molecule has 0 amide bonds. The summed E-state index contributed by atoms with van der Waals surface area (Å²) in [5.74, 6) is 0. The van der Waals surface area contributed by atoms with Gasteiger partial charge in [-0.25, -0.2) is 10.4 Å². The Labute approximate surface area is 64.6 Å². The Kier molecular flexibility index (Phi) is 5.81. The summed E-state index contributed by atoms with van der Waals surface area (Å²) in [7, 11) is 1.73. The van der Waals surface area contributed by atoms with Gasteiger partial charge >= 0.3 is 0 Å². The SMILES string of the molecule is CNNC=N/C(Cl)=C/S. The van der Waals surface area contributed by atoms with Crippen molar-refractivity contribution in [2.24, 2.45) is 4.99 Å². The molecule has 0 bridgehead atoms. The summed E-state index contributed by atoms with van der Waals surface area (Å²) in [4.78, 5) is 3.68. The van der Waals surface area contributed by atoms with Crippen LogP contribution in [0.4, 0.5) is 0 Å². The highest BCUT2D eigenvalue weighted by Crippen LogP contribution is 2.01. The first-order valence-corrected chi connectivity index (χ1v) is 3.15. The van der Waals surface area contributed by atoms with Gasteiger partial charge in [0, 0.05) is 12.5 Å². The first-order chi connectivity index (χ1) is 4.31. The first kappa shape index (κ1) is 8.81. The van der Waals surface area contributed by atoms with Crippen LogP contribution in [0.25, 0.3) is 0 Å². The fourth-order valence-electron chi connectivity index (χ4n) is 0.192. The van der Waals surface area contributed by atoms with Gasteiger partial charge in [-0.2, -0.15) is 0 Å². The number of aliphatic imine (C=N–C) groups is 1. The summed E-state index contributed by atoms with van der Waals surface area (Å²) < 4.78 is 0. The zero-order valence-electron chi connectivity index (χ0n) is 4.93. The normalized spacial score (nSPS) is 12.6. The molecule has 52 valence electrons. The van der Waals surface area contributed by atoms with Gasteiger partial charge in [0.25, 0.3) is 0 Å². The molecule has 0 aliphatic carbocycles. The number of rotatable bonds is 3. The zero-order chi connectivity index (χ0) is 7.11. The van der Waals surface area contributed by atoms with E-state index in [2.05, 4.69) is 28.5 Å². The lowest BCUT2D eigenvalue weighted by Crippen LogP contribution is -2.25. The van der Waals surface area contributed by atoms with Gasteiger partial charge in [-0.15, -0.1) is 12.6 Å². The van der Waals surface area contributed by atoms with E-state index in [4.69, 9.17) is 11.6 Å². The molecule has 0 saturated carbocycles. The lowest BCUT2D eigenvalue weighted by molar-refractivity contribution is 0.782. The molecule has 5 heteroatoms. The summed E-state index contributed by atoms with van der Waals surface area (Å²) in [6.45, 7) is 0. The lowest BCUT2D eigenvalue weighted by atomic mass is 11.0. The average molecular weight is 166 g/mol. The second kappa shape index (κ2) is 5.94. The molecule has 0 heterocycles. The Morgan fingerprint density at radius 2 is 2.44 bits per heavy atom. The summed E-state index contributed by atoms with van der Waals surface area (Å²) >= 11 is 9.18. The Morgan fingerprint density at radius 1 is 1.78 bits per heavy atom. The van der Waals surface area contributed by atoms with Gasteiger partial charge in [0.2, 0.25) is 0 Å². The smallest absolute Gasteiger partial charge is 0.136 e. The van der Waals surface area contributed by atoms with Gasteiger partial charge in [0.15, 0.2) is 0 Å². The number of thiol groups is 1. The molecule has 0 aliphatic heterocycles. The summed E-state index contributed by atoms with van der Waals surface area (Å²) in [5.41, 5.74) is 5.25. The highest BCUT2D eigenvalue weighted by atomic mass is 35.5. The van der Waals surface area contributed by atoms with Crippen molar-refractivity contribution < 1.29 is 0 Å². The van der Waals surface area contributed by atoms with Crippen molar-refractivity contribution in [3.63, 3.8) is 0 Å². The molecular weight excluding hydrogens is 158 g/mol. The van der Waals surface area contributed by atoms with Crippen LogP contribution >= 0.6 is 24.2 Å². The summed E-state index contributed by atoms with van der Waals surface area (Å²) in [6.07, 6.45) is 1.43. The second-order valence-electron chi connectivity index (χ2n) is 1.10. The third-order valence-corrected chi connectivity index (χ3v) is 1.11. The molecule has 0 aromatic heterocycles. The van der Waals surface area contributed by atoms with Gasteiger partial charge in [-0.3, -0.25) is 0 Å². The van der Waals surface area contributed by atoms with E-state index in [-0.39, 0.29) is 0 Å². The van der Waals surface area contributed by atoms with Crippen LogP contribution in [0, 0.1) is 0 Å². The number of halogens is 1. The molecule has 0 aromatic rings. The van der Waals surface area contributed by atoms with Crippen molar-refractivity contribution in [3.8, 4) is 0 Å². The van der Waals surface area contributed by atoms with Gasteiger partial charge < -0.3 is 5.43 Å². The summed E-state index contributed by atoms with van der Waals surface area (Å²) in [6, 6.07) is 0. The van der Waals surface area contributed by atoms with Crippen molar-refractivity contribution in [2.75, 3.05) is 7.05 Å². The number of nitrogens with one attached hydrogen (secondary N) is 2. The van der Waals surface area contributed by atoms with Gasteiger partial charge in [0.05, 0.1) is 0 Å². The van der Waals surface area contributed by atoms with Crippen LogP contribution in [-0.2, 0) is 0 Å². The van der Waals surface area contributed by atoms with Crippen LogP contribution in [0.3, 0.4) is 0 Å². The van der Waals surface area contributed by atoms with Crippen LogP contribution in [0.1, 0.15) is 0 Å². The van der Waals surface area contributed by atoms with E-state index in [1.807, 2.05) is 0 Å². The molecule has 3 nitrogen and oxygen atoms in total. The van der Waals surface area contributed by atoms with Crippen LogP contribution in [0.2, 0.25) is 0 Å². The Morgan fingerprint density at radius 3 is 2.89 bits per heavy atom. The maximum atomic E-state index is 5.42. The zero-order valence-corrected chi connectivity index (χ0v) is 6.58. The molecular formula is C4H8ClN3S. The largest absolute Gasteiger partial charge is 0.312 e. The van der Waals surface area contributed by atoms with Crippen LogP contribution < -0.4 is 10.9 Å². The molecule has 0 rings (SSSR count). The highest BCUT2D eigenvalue weighted by molar-refractivity contribution is 7.83. The van der Waals surface area contributed by atoms with E-state index in [0.717, 1.165) is 0 Å². The minimum atomic E-state index is 0.334.